The number of hydrogen-bond donors (Lipinski definition) is 2. The molecule has 194 valence electrons. The molecular weight excluding hydrogens is 485 g/mol. The summed E-state index contributed by atoms with van der Waals surface area (Å²) in [5.74, 6) is 0.282. The zero-order valence-electron chi connectivity index (χ0n) is 20.8. The average Bonchev–Trinajstić information content (AvgIpc) is 2.83. The Bertz CT molecular complexity index is 898. The molecule has 0 saturated carbocycles. The van der Waals surface area contributed by atoms with Gasteiger partial charge in [-0.3, -0.25) is 10.1 Å². The van der Waals surface area contributed by atoms with Crippen LogP contribution in [0, 0.1) is 10.1 Å². The molecule has 9 heteroatoms. The Balaban J connectivity index is 1.65. The number of aromatic nitrogens is 2. The molecule has 2 aromatic rings. The molecule has 0 spiro atoms. The van der Waals surface area contributed by atoms with Gasteiger partial charge in [-0.15, -0.1) is 0 Å². The van der Waals surface area contributed by atoms with E-state index < -0.39 is 4.92 Å². The van der Waals surface area contributed by atoms with Gasteiger partial charge in [0.15, 0.2) is 0 Å². The van der Waals surface area contributed by atoms with Gasteiger partial charge in [-0.2, -0.15) is 0 Å². The van der Waals surface area contributed by atoms with Gasteiger partial charge >= 0.3 is 5.69 Å². The quantitative estimate of drug-likeness (QED) is 0.108. The van der Waals surface area contributed by atoms with Crippen LogP contribution in [0.1, 0.15) is 96.8 Å². The van der Waals surface area contributed by atoms with Crippen LogP contribution in [-0.2, 0) is 0 Å². The van der Waals surface area contributed by atoms with Gasteiger partial charge in [0.1, 0.15) is 6.33 Å². The van der Waals surface area contributed by atoms with Crippen molar-refractivity contribution in [2.24, 2.45) is 0 Å². The third-order valence-corrected chi connectivity index (χ3v) is 6.56. The number of halogens is 2. The Morgan fingerprint density at radius 3 is 1.91 bits per heavy atom. The van der Waals surface area contributed by atoms with Gasteiger partial charge in [-0.25, -0.2) is 9.97 Å². The zero-order chi connectivity index (χ0) is 25.3. The van der Waals surface area contributed by atoms with Crippen LogP contribution in [0.15, 0.2) is 24.5 Å². The normalized spacial score (nSPS) is 10.9. The van der Waals surface area contributed by atoms with Gasteiger partial charge in [0.2, 0.25) is 11.6 Å². The van der Waals surface area contributed by atoms with Crippen molar-refractivity contribution in [1.82, 2.24) is 9.97 Å². The molecular formula is C26H39Cl2N5O2. The van der Waals surface area contributed by atoms with Crippen molar-refractivity contribution in [3.8, 4) is 0 Å². The summed E-state index contributed by atoms with van der Waals surface area (Å²) in [5, 5.41) is 18.6. The third-order valence-electron chi connectivity index (χ3n) is 6.01. The molecule has 0 aliphatic rings. The molecule has 35 heavy (non-hydrogen) atoms. The molecule has 2 rings (SSSR count). The lowest BCUT2D eigenvalue weighted by Crippen LogP contribution is -2.09. The highest BCUT2D eigenvalue weighted by Crippen LogP contribution is 2.34. The van der Waals surface area contributed by atoms with E-state index in [0.29, 0.717) is 22.3 Å². The SMILES string of the molecule is CCCCCCCCCCCCCCCCNc1ncnc(Nc2ccc(Cl)cc2Cl)c1[N+](=O)[O-]. The highest BCUT2D eigenvalue weighted by molar-refractivity contribution is 6.36. The first kappa shape index (κ1) is 29.1. The standard InChI is InChI=1S/C26H39Cl2N5O2/c1-2-3-4-5-6-7-8-9-10-11-12-13-14-15-18-29-25-24(33(34)35)26(31-20-30-25)32-23-17-16-21(27)19-22(23)28/h16-17,19-20H,2-15,18H2,1H3,(H2,29,30,31,32). The van der Waals surface area contributed by atoms with E-state index in [-0.39, 0.29) is 17.3 Å². The van der Waals surface area contributed by atoms with Crippen LogP contribution in [0.4, 0.5) is 23.0 Å². The molecule has 0 unspecified atom stereocenters. The minimum Gasteiger partial charge on any atom is -0.364 e. The fourth-order valence-corrected chi connectivity index (χ4v) is 4.47. The van der Waals surface area contributed by atoms with Crippen molar-refractivity contribution < 1.29 is 4.92 Å². The van der Waals surface area contributed by atoms with Crippen LogP contribution < -0.4 is 10.6 Å². The number of rotatable bonds is 19. The predicted octanol–water partition coefficient (Wildman–Crippen LogP) is 9.33. The maximum absolute atomic E-state index is 11.7. The summed E-state index contributed by atoms with van der Waals surface area (Å²) in [6.45, 7) is 2.88. The van der Waals surface area contributed by atoms with E-state index >= 15 is 0 Å². The van der Waals surface area contributed by atoms with Crippen molar-refractivity contribution in [2.75, 3.05) is 17.2 Å². The number of hydrogen-bond acceptors (Lipinski definition) is 6. The van der Waals surface area contributed by atoms with Crippen molar-refractivity contribution in [2.45, 2.75) is 96.8 Å². The average molecular weight is 525 g/mol. The molecule has 1 aromatic carbocycles. The Hall–Kier alpha value is -2.12. The van der Waals surface area contributed by atoms with Crippen LogP contribution in [0.5, 0.6) is 0 Å². The minimum atomic E-state index is -0.486. The van der Waals surface area contributed by atoms with Crippen LogP contribution in [0.2, 0.25) is 10.0 Å². The summed E-state index contributed by atoms with van der Waals surface area (Å²) in [6.07, 6.45) is 19.4. The molecule has 0 atom stereocenters. The number of nitro groups is 1. The lowest BCUT2D eigenvalue weighted by atomic mass is 10.0. The topological polar surface area (TPSA) is 93.0 Å². The van der Waals surface area contributed by atoms with Gasteiger partial charge in [0, 0.05) is 11.6 Å². The molecule has 1 aromatic heterocycles. The number of unbranched alkanes of at least 4 members (excludes halogenated alkanes) is 13. The number of nitrogens with one attached hydrogen (secondary N) is 2. The van der Waals surface area contributed by atoms with E-state index in [1.165, 1.54) is 83.4 Å². The summed E-state index contributed by atoms with van der Waals surface area (Å²) < 4.78 is 0. The van der Waals surface area contributed by atoms with E-state index in [4.69, 9.17) is 23.2 Å². The molecule has 0 aliphatic heterocycles. The second kappa shape index (κ2) is 17.3. The zero-order valence-corrected chi connectivity index (χ0v) is 22.3. The van der Waals surface area contributed by atoms with Crippen molar-refractivity contribution in [3.63, 3.8) is 0 Å². The van der Waals surface area contributed by atoms with Gasteiger partial charge in [-0.1, -0.05) is 114 Å². The van der Waals surface area contributed by atoms with Gasteiger partial charge in [-0.05, 0) is 24.6 Å². The Morgan fingerprint density at radius 2 is 1.37 bits per heavy atom. The van der Waals surface area contributed by atoms with Crippen LogP contribution >= 0.6 is 23.2 Å². The second-order valence-corrected chi connectivity index (χ2v) is 9.79. The second-order valence-electron chi connectivity index (χ2n) is 8.95. The molecule has 0 aliphatic carbocycles. The number of anilines is 3. The van der Waals surface area contributed by atoms with Gasteiger partial charge < -0.3 is 10.6 Å². The van der Waals surface area contributed by atoms with Crippen LogP contribution in [-0.4, -0.2) is 21.4 Å². The highest BCUT2D eigenvalue weighted by atomic mass is 35.5. The largest absolute Gasteiger partial charge is 0.364 e. The summed E-state index contributed by atoms with van der Waals surface area (Å²) in [7, 11) is 0. The van der Waals surface area contributed by atoms with Crippen LogP contribution in [0.25, 0.3) is 0 Å². The molecule has 2 N–H and O–H groups in total. The van der Waals surface area contributed by atoms with Crippen molar-refractivity contribution in [3.05, 3.63) is 44.7 Å². The monoisotopic (exact) mass is 523 g/mol. The smallest absolute Gasteiger partial charge is 0.353 e. The van der Waals surface area contributed by atoms with Gasteiger partial charge in [0.25, 0.3) is 0 Å². The molecule has 0 saturated heterocycles. The van der Waals surface area contributed by atoms with E-state index in [9.17, 15) is 10.1 Å². The maximum Gasteiger partial charge on any atom is 0.353 e. The minimum absolute atomic E-state index is 0.0812. The number of nitrogens with zero attached hydrogens (tertiary/aromatic N) is 3. The third kappa shape index (κ3) is 11.4. The lowest BCUT2D eigenvalue weighted by molar-refractivity contribution is -0.383. The van der Waals surface area contributed by atoms with E-state index in [1.54, 1.807) is 18.2 Å². The molecule has 1 heterocycles. The number of benzene rings is 1. The van der Waals surface area contributed by atoms with E-state index in [1.807, 2.05) is 0 Å². The maximum atomic E-state index is 11.7. The molecule has 0 amide bonds. The molecule has 0 bridgehead atoms. The summed E-state index contributed by atoms with van der Waals surface area (Å²) in [4.78, 5) is 19.4. The molecule has 0 fully saturated rings. The van der Waals surface area contributed by atoms with Crippen LogP contribution in [0.3, 0.4) is 0 Å². The Labute approximate surface area is 219 Å². The first-order valence-electron chi connectivity index (χ1n) is 13.0. The Kier molecular flexibility index (Phi) is 14.4. The highest BCUT2D eigenvalue weighted by Gasteiger charge is 2.23. The fourth-order valence-electron chi connectivity index (χ4n) is 4.02. The van der Waals surface area contributed by atoms with Crippen molar-refractivity contribution >= 4 is 46.2 Å². The summed E-state index contributed by atoms with van der Waals surface area (Å²) in [5.41, 5.74) is 0.277. The fraction of sp³-hybridized carbons (Fsp3) is 0.615. The van der Waals surface area contributed by atoms with E-state index in [0.717, 1.165) is 12.8 Å². The van der Waals surface area contributed by atoms with Gasteiger partial charge in [0.05, 0.1) is 15.6 Å². The predicted molar refractivity (Wildman–Crippen MR) is 147 cm³/mol. The van der Waals surface area contributed by atoms with E-state index in [2.05, 4.69) is 27.5 Å². The lowest BCUT2D eigenvalue weighted by Gasteiger charge is -2.11. The molecule has 7 nitrogen and oxygen atoms in total. The first-order chi connectivity index (χ1) is 17.0. The molecule has 0 radical (unpaired) electrons. The Morgan fingerprint density at radius 1 is 0.829 bits per heavy atom. The first-order valence-corrected chi connectivity index (χ1v) is 13.7. The van der Waals surface area contributed by atoms with Crippen molar-refractivity contribution in [1.29, 1.82) is 0 Å². The summed E-state index contributed by atoms with van der Waals surface area (Å²) in [6, 6.07) is 4.86. The summed E-state index contributed by atoms with van der Waals surface area (Å²) >= 11 is 12.1.